The first kappa shape index (κ1) is 19.7. The summed E-state index contributed by atoms with van der Waals surface area (Å²) in [6, 6.07) is 9.92. The highest BCUT2D eigenvalue weighted by atomic mass is 16.2. The van der Waals surface area contributed by atoms with Gasteiger partial charge >= 0.3 is 0 Å². The van der Waals surface area contributed by atoms with Gasteiger partial charge in [-0.25, -0.2) is 0 Å². The van der Waals surface area contributed by atoms with Crippen molar-refractivity contribution in [2.45, 2.75) is 37.6 Å². The maximum Gasteiger partial charge on any atom is 0.250 e. The Kier molecular flexibility index (Phi) is 5.23. The molecule has 1 aliphatic carbocycles. The monoisotopic (exact) mass is 398 g/mol. The lowest BCUT2D eigenvalue weighted by atomic mass is 9.81. The van der Waals surface area contributed by atoms with E-state index in [4.69, 9.17) is 0 Å². The van der Waals surface area contributed by atoms with Crippen molar-refractivity contribution in [2.75, 3.05) is 45.3 Å². The number of carbonyl (C=O) groups excluding carboxylic acids is 3. The van der Waals surface area contributed by atoms with Crippen molar-refractivity contribution < 1.29 is 14.4 Å². The third kappa shape index (κ3) is 3.47. The number of anilines is 1. The SMILES string of the molecule is CN(C)C(=O)CN1CN(c2ccccc2)C2(CCN(C(=O)C3CCC3)CC2)C1=O. The second-order valence-corrected chi connectivity index (χ2v) is 8.68. The van der Waals surface area contributed by atoms with Gasteiger partial charge in [0.2, 0.25) is 11.8 Å². The lowest BCUT2D eigenvalue weighted by Crippen LogP contribution is -2.58. The molecule has 0 atom stereocenters. The molecule has 1 saturated carbocycles. The first-order valence-corrected chi connectivity index (χ1v) is 10.5. The van der Waals surface area contributed by atoms with Crippen molar-refractivity contribution in [3.63, 3.8) is 0 Å². The smallest absolute Gasteiger partial charge is 0.250 e. The molecule has 1 spiro atoms. The standard InChI is InChI=1S/C22H30N4O3/c1-23(2)19(27)15-25-16-26(18-9-4-3-5-10-18)22(21(25)29)11-13-24(14-12-22)20(28)17-7-6-8-17/h3-5,9-10,17H,6-8,11-16H2,1-2H3. The van der Waals surface area contributed by atoms with Crippen LogP contribution in [-0.2, 0) is 14.4 Å². The van der Waals surface area contributed by atoms with Crippen LogP contribution in [-0.4, -0.2) is 78.4 Å². The Balaban J connectivity index is 1.56. The van der Waals surface area contributed by atoms with Gasteiger partial charge in [0, 0.05) is 38.8 Å². The molecule has 1 aromatic carbocycles. The summed E-state index contributed by atoms with van der Waals surface area (Å²) >= 11 is 0. The van der Waals surface area contributed by atoms with Gasteiger partial charge in [0.25, 0.3) is 5.91 Å². The Labute approximate surface area is 172 Å². The Morgan fingerprint density at radius 2 is 1.76 bits per heavy atom. The Hall–Kier alpha value is -2.57. The summed E-state index contributed by atoms with van der Waals surface area (Å²) in [5, 5.41) is 0. The Morgan fingerprint density at radius 3 is 2.31 bits per heavy atom. The van der Waals surface area contributed by atoms with Crippen LogP contribution in [0.15, 0.2) is 30.3 Å². The zero-order valence-corrected chi connectivity index (χ0v) is 17.3. The number of para-hydroxylation sites is 1. The molecule has 7 heteroatoms. The van der Waals surface area contributed by atoms with Crippen LogP contribution in [0.2, 0.25) is 0 Å². The van der Waals surface area contributed by atoms with Crippen molar-refractivity contribution in [1.29, 1.82) is 0 Å². The summed E-state index contributed by atoms with van der Waals surface area (Å²) in [5.74, 6) is 0.360. The van der Waals surface area contributed by atoms with E-state index in [9.17, 15) is 14.4 Å². The van der Waals surface area contributed by atoms with E-state index in [2.05, 4.69) is 4.90 Å². The molecule has 3 amide bonds. The van der Waals surface area contributed by atoms with Gasteiger partial charge in [-0.05, 0) is 37.8 Å². The van der Waals surface area contributed by atoms with Gasteiger partial charge < -0.3 is 19.6 Å². The maximum absolute atomic E-state index is 13.5. The second-order valence-electron chi connectivity index (χ2n) is 8.68. The molecule has 7 nitrogen and oxygen atoms in total. The van der Waals surface area contributed by atoms with E-state index in [0.717, 1.165) is 24.9 Å². The van der Waals surface area contributed by atoms with E-state index in [1.807, 2.05) is 35.2 Å². The molecule has 156 valence electrons. The first-order chi connectivity index (χ1) is 13.9. The van der Waals surface area contributed by atoms with Crippen molar-refractivity contribution in [2.24, 2.45) is 5.92 Å². The lowest BCUT2D eigenvalue weighted by molar-refractivity contribution is -0.143. The minimum Gasteiger partial charge on any atom is -0.347 e. The van der Waals surface area contributed by atoms with Gasteiger partial charge in [-0.15, -0.1) is 0 Å². The fourth-order valence-electron chi connectivity index (χ4n) is 4.64. The molecule has 3 aliphatic rings. The Morgan fingerprint density at radius 1 is 1.10 bits per heavy atom. The summed E-state index contributed by atoms with van der Waals surface area (Å²) in [7, 11) is 3.41. The molecule has 0 radical (unpaired) electrons. The third-order valence-corrected chi connectivity index (χ3v) is 6.76. The van der Waals surface area contributed by atoms with Gasteiger partial charge in [0.1, 0.15) is 12.1 Å². The predicted octanol–water partition coefficient (Wildman–Crippen LogP) is 1.54. The van der Waals surface area contributed by atoms with Crippen molar-refractivity contribution in [1.82, 2.24) is 14.7 Å². The number of hydrogen-bond acceptors (Lipinski definition) is 4. The van der Waals surface area contributed by atoms with Gasteiger partial charge in [-0.3, -0.25) is 14.4 Å². The summed E-state index contributed by atoms with van der Waals surface area (Å²) < 4.78 is 0. The zero-order valence-electron chi connectivity index (χ0n) is 17.3. The van der Waals surface area contributed by atoms with Crippen LogP contribution in [0.1, 0.15) is 32.1 Å². The van der Waals surface area contributed by atoms with E-state index in [1.165, 1.54) is 4.90 Å². The summed E-state index contributed by atoms with van der Waals surface area (Å²) in [6.45, 7) is 1.68. The minimum absolute atomic E-state index is 0.00676. The molecule has 2 aliphatic heterocycles. The number of rotatable bonds is 4. The van der Waals surface area contributed by atoms with Crippen molar-refractivity contribution in [3.8, 4) is 0 Å². The number of piperidine rings is 1. The van der Waals surface area contributed by atoms with E-state index in [0.29, 0.717) is 32.6 Å². The molecular weight excluding hydrogens is 368 g/mol. The summed E-state index contributed by atoms with van der Waals surface area (Å²) in [4.78, 5) is 45.7. The highest BCUT2D eigenvalue weighted by molar-refractivity contribution is 5.96. The van der Waals surface area contributed by atoms with E-state index in [1.54, 1.807) is 19.0 Å². The largest absolute Gasteiger partial charge is 0.347 e. The number of likely N-dealkylation sites (N-methyl/N-ethyl adjacent to an activating group) is 1. The molecule has 0 unspecified atom stereocenters. The fraction of sp³-hybridized carbons (Fsp3) is 0.591. The van der Waals surface area contributed by atoms with Crippen LogP contribution in [0.3, 0.4) is 0 Å². The second kappa shape index (κ2) is 7.69. The topological polar surface area (TPSA) is 64.2 Å². The van der Waals surface area contributed by atoms with Crippen LogP contribution in [0.4, 0.5) is 5.69 Å². The number of benzene rings is 1. The van der Waals surface area contributed by atoms with Gasteiger partial charge in [-0.2, -0.15) is 0 Å². The van der Waals surface area contributed by atoms with Crippen LogP contribution in [0.25, 0.3) is 0 Å². The van der Waals surface area contributed by atoms with E-state index >= 15 is 0 Å². The van der Waals surface area contributed by atoms with Gasteiger partial charge in [0.05, 0.1) is 6.67 Å². The highest BCUT2D eigenvalue weighted by Gasteiger charge is 2.54. The highest BCUT2D eigenvalue weighted by Crippen LogP contribution is 2.40. The van der Waals surface area contributed by atoms with Crippen molar-refractivity contribution >= 4 is 23.4 Å². The van der Waals surface area contributed by atoms with Gasteiger partial charge in [0.15, 0.2) is 0 Å². The van der Waals surface area contributed by atoms with Crippen LogP contribution >= 0.6 is 0 Å². The maximum atomic E-state index is 13.5. The quantitative estimate of drug-likeness (QED) is 0.772. The number of nitrogens with zero attached hydrogens (tertiary/aromatic N) is 4. The fourth-order valence-corrected chi connectivity index (χ4v) is 4.64. The molecule has 0 aromatic heterocycles. The van der Waals surface area contributed by atoms with Crippen LogP contribution < -0.4 is 4.90 Å². The van der Waals surface area contributed by atoms with Crippen molar-refractivity contribution in [3.05, 3.63) is 30.3 Å². The summed E-state index contributed by atoms with van der Waals surface area (Å²) in [6.07, 6.45) is 4.34. The number of carbonyl (C=O) groups is 3. The zero-order chi connectivity index (χ0) is 20.6. The molecule has 1 aromatic rings. The first-order valence-electron chi connectivity index (χ1n) is 10.5. The average Bonchev–Trinajstić information content (AvgIpc) is 2.94. The predicted molar refractivity (Wildman–Crippen MR) is 110 cm³/mol. The van der Waals surface area contributed by atoms with Crippen LogP contribution in [0, 0.1) is 5.92 Å². The van der Waals surface area contributed by atoms with Gasteiger partial charge in [-0.1, -0.05) is 24.6 Å². The number of amides is 3. The molecule has 3 fully saturated rings. The molecule has 4 rings (SSSR count). The van der Waals surface area contributed by atoms with E-state index in [-0.39, 0.29) is 30.2 Å². The minimum atomic E-state index is -0.676. The molecule has 0 bridgehead atoms. The summed E-state index contributed by atoms with van der Waals surface area (Å²) in [5.41, 5.74) is 0.309. The van der Waals surface area contributed by atoms with E-state index < -0.39 is 5.54 Å². The molecule has 29 heavy (non-hydrogen) atoms. The average molecular weight is 399 g/mol. The molecule has 2 saturated heterocycles. The molecule has 2 heterocycles. The molecular formula is C22H30N4O3. The molecule has 0 N–H and O–H groups in total. The normalized spacial score (nSPS) is 21.4. The third-order valence-electron chi connectivity index (χ3n) is 6.76. The lowest BCUT2D eigenvalue weighted by Gasteiger charge is -2.44. The van der Waals surface area contributed by atoms with Crippen LogP contribution in [0.5, 0.6) is 0 Å². The Bertz CT molecular complexity index is 783. The number of hydrogen-bond donors (Lipinski definition) is 0. The number of likely N-dealkylation sites (tertiary alicyclic amines) is 1.